The number of ether oxygens (including phenoxy) is 2. The van der Waals surface area contributed by atoms with E-state index in [1.54, 1.807) is 0 Å². The first-order chi connectivity index (χ1) is 9.93. The first-order valence-corrected chi connectivity index (χ1v) is 5.42. The number of methoxy groups -OCH3 is 2. The van der Waals surface area contributed by atoms with Gasteiger partial charge >= 0.3 is 24.3 Å². The molecular weight excluding hydrogens is 322 g/mol. The Hall–Kier alpha value is -2.26. The van der Waals surface area contributed by atoms with Gasteiger partial charge in [0.05, 0.1) is 36.5 Å². The van der Waals surface area contributed by atoms with Gasteiger partial charge in [0.1, 0.15) is 0 Å². The molecule has 0 saturated carbocycles. The van der Waals surface area contributed by atoms with Crippen molar-refractivity contribution in [3.63, 3.8) is 0 Å². The van der Waals surface area contributed by atoms with E-state index in [4.69, 9.17) is 0 Å². The summed E-state index contributed by atoms with van der Waals surface area (Å²) in [5, 5.41) is 0. The molecule has 0 fully saturated rings. The van der Waals surface area contributed by atoms with Crippen LogP contribution in [0.25, 0.3) is 0 Å². The van der Waals surface area contributed by atoms with Crippen LogP contribution >= 0.6 is 0 Å². The summed E-state index contributed by atoms with van der Waals surface area (Å²) in [5.74, 6) is -2.81. The molecule has 22 heavy (non-hydrogen) atoms. The molecule has 0 saturated heterocycles. The molecule has 0 spiro atoms. The SMILES string of the molecule is COC(=O)c1cc(C(F)(F)F)c(C(F)(F)F)cc1C(=O)OC. The minimum Gasteiger partial charge on any atom is -0.465 e. The first-order valence-electron chi connectivity index (χ1n) is 5.42. The van der Waals surface area contributed by atoms with Crippen LogP contribution in [0.3, 0.4) is 0 Å². The number of benzene rings is 1. The first kappa shape index (κ1) is 17.8. The van der Waals surface area contributed by atoms with E-state index in [2.05, 4.69) is 9.47 Å². The molecule has 0 aliphatic carbocycles. The molecule has 10 heteroatoms. The van der Waals surface area contributed by atoms with Crippen molar-refractivity contribution in [1.82, 2.24) is 0 Å². The van der Waals surface area contributed by atoms with Crippen molar-refractivity contribution in [2.75, 3.05) is 14.2 Å². The summed E-state index contributed by atoms with van der Waals surface area (Å²) in [4.78, 5) is 22.8. The number of halogens is 6. The van der Waals surface area contributed by atoms with Crippen LogP contribution in [0.5, 0.6) is 0 Å². The van der Waals surface area contributed by atoms with Gasteiger partial charge in [-0.05, 0) is 12.1 Å². The third kappa shape index (κ3) is 3.49. The molecule has 1 aromatic carbocycles. The Balaban J connectivity index is 3.80. The highest BCUT2D eigenvalue weighted by Crippen LogP contribution is 2.41. The van der Waals surface area contributed by atoms with Crippen molar-refractivity contribution in [2.24, 2.45) is 0 Å². The minimum absolute atomic E-state index is 0.0824. The van der Waals surface area contributed by atoms with E-state index in [0.717, 1.165) is 14.2 Å². The van der Waals surface area contributed by atoms with Crippen LogP contribution in [0.1, 0.15) is 31.8 Å². The normalized spacial score (nSPS) is 12.0. The number of carbonyl (C=O) groups excluding carboxylic acids is 2. The topological polar surface area (TPSA) is 52.6 Å². The predicted octanol–water partition coefficient (Wildman–Crippen LogP) is 3.30. The van der Waals surface area contributed by atoms with E-state index in [1.165, 1.54) is 0 Å². The summed E-state index contributed by atoms with van der Waals surface area (Å²) in [7, 11) is 1.60. The van der Waals surface area contributed by atoms with Crippen LogP contribution in [0.2, 0.25) is 0 Å². The average molecular weight is 330 g/mol. The zero-order chi connectivity index (χ0) is 17.3. The van der Waals surface area contributed by atoms with Crippen molar-refractivity contribution in [1.29, 1.82) is 0 Å². The Morgan fingerprint density at radius 1 is 0.773 bits per heavy atom. The van der Waals surface area contributed by atoms with Gasteiger partial charge in [-0.2, -0.15) is 26.3 Å². The molecule has 0 bridgehead atoms. The van der Waals surface area contributed by atoms with E-state index in [0.29, 0.717) is 0 Å². The highest BCUT2D eigenvalue weighted by Gasteiger charge is 2.44. The van der Waals surface area contributed by atoms with Gasteiger partial charge in [0, 0.05) is 0 Å². The Morgan fingerprint density at radius 2 is 1.05 bits per heavy atom. The predicted molar refractivity (Wildman–Crippen MR) is 59.1 cm³/mol. The van der Waals surface area contributed by atoms with E-state index in [9.17, 15) is 35.9 Å². The monoisotopic (exact) mass is 330 g/mol. The van der Waals surface area contributed by atoms with Gasteiger partial charge < -0.3 is 9.47 Å². The van der Waals surface area contributed by atoms with Gasteiger partial charge in [0.25, 0.3) is 0 Å². The maximum atomic E-state index is 12.8. The molecule has 0 N–H and O–H groups in total. The standard InChI is InChI=1S/C12H8F6O4/c1-21-9(19)5-3-7(11(13,14)15)8(12(16,17)18)4-6(5)10(20)22-2/h3-4H,1-2H3. The molecular formula is C12H8F6O4. The van der Waals surface area contributed by atoms with Crippen LogP contribution in [-0.2, 0) is 21.8 Å². The maximum absolute atomic E-state index is 12.8. The number of esters is 2. The van der Waals surface area contributed by atoms with Gasteiger partial charge in [-0.15, -0.1) is 0 Å². The van der Waals surface area contributed by atoms with Gasteiger partial charge in [-0.3, -0.25) is 0 Å². The molecule has 0 radical (unpaired) electrons. The summed E-state index contributed by atoms with van der Waals surface area (Å²) < 4.78 is 85.0. The molecule has 0 heterocycles. The fraction of sp³-hybridized carbons (Fsp3) is 0.333. The summed E-state index contributed by atoms with van der Waals surface area (Å²) in [6.45, 7) is 0. The lowest BCUT2D eigenvalue weighted by molar-refractivity contribution is -0.162. The van der Waals surface area contributed by atoms with Gasteiger partial charge in [0.15, 0.2) is 0 Å². The molecule has 0 amide bonds. The maximum Gasteiger partial charge on any atom is 0.417 e. The van der Waals surface area contributed by atoms with Crippen LogP contribution in [0.15, 0.2) is 12.1 Å². The lowest BCUT2D eigenvalue weighted by Crippen LogP contribution is -2.21. The Labute approximate surface area is 119 Å². The molecule has 0 atom stereocenters. The van der Waals surface area contributed by atoms with Gasteiger partial charge in [-0.1, -0.05) is 0 Å². The zero-order valence-corrected chi connectivity index (χ0v) is 11.1. The summed E-state index contributed by atoms with van der Waals surface area (Å²) in [5.41, 5.74) is -6.16. The Morgan fingerprint density at radius 3 is 1.23 bits per heavy atom. The number of hydrogen-bond acceptors (Lipinski definition) is 4. The van der Waals surface area contributed by atoms with Crippen LogP contribution < -0.4 is 0 Å². The second-order valence-corrected chi connectivity index (χ2v) is 3.92. The largest absolute Gasteiger partial charge is 0.465 e. The highest BCUT2D eigenvalue weighted by atomic mass is 19.4. The summed E-state index contributed by atoms with van der Waals surface area (Å²) in [6.07, 6.45) is -10.8. The third-order valence-electron chi connectivity index (χ3n) is 2.58. The molecule has 0 aromatic heterocycles. The number of hydrogen-bond donors (Lipinski definition) is 0. The van der Waals surface area contributed by atoms with Crippen molar-refractivity contribution < 1.29 is 45.4 Å². The van der Waals surface area contributed by atoms with Crippen molar-refractivity contribution in [2.45, 2.75) is 12.4 Å². The zero-order valence-electron chi connectivity index (χ0n) is 11.1. The molecule has 1 rings (SSSR count). The summed E-state index contributed by atoms with van der Waals surface area (Å²) >= 11 is 0. The van der Waals surface area contributed by atoms with Gasteiger partial charge in [-0.25, -0.2) is 9.59 Å². The Bertz CT molecular complexity index is 550. The number of alkyl halides is 6. The fourth-order valence-corrected chi connectivity index (χ4v) is 1.63. The van der Waals surface area contributed by atoms with Crippen molar-refractivity contribution >= 4 is 11.9 Å². The van der Waals surface area contributed by atoms with Crippen LogP contribution in [-0.4, -0.2) is 26.2 Å². The van der Waals surface area contributed by atoms with E-state index in [-0.39, 0.29) is 12.1 Å². The van der Waals surface area contributed by atoms with E-state index in [1.807, 2.05) is 0 Å². The molecule has 122 valence electrons. The molecule has 1 aromatic rings. The third-order valence-corrected chi connectivity index (χ3v) is 2.58. The number of carbonyl (C=O) groups is 2. The van der Waals surface area contributed by atoms with Crippen LogP contribution in [0, 0.1) is 0 Å². The molecule has 0 aliphatic heterocycles. The van der Waals surface area contributed by atoms with Crippen LogP contribution in [0.4, 0.5) is 26.3 Å². The quantitative estimate of drug-likeness (QED) is 0.617. The number of rotatable bonds is 2. The van der Waals surface area contributed by atoms with E-state index < -0.39 is 46.5 Å². The van der Waals surface area contributed by atoms with E-state index >= 15 is 0 Å². The minimum atomic E-state index is -5.39. The van der Waals surface area contributed by atoms with Gasteiger partial charge in [0.2, 0.25) is 0 Å². The van der Waals surface area contributed by atoms with Crippen molar-refractivity contribution in [3.8, 4) is 0 Å². The highest BCUT2D eigenvalue weighted by molar-refractivity contribution is 6.03. The second kappa shape index (κ2) is 5.85. The molecule has 0 unspecified atom stereocenters. The average Bonchev–Trinajstić information content (AvgIpc) is 2.42. The lowest BCUT2D eigenvalue weighted by Gasteiger charge is -2.18. The fourth-order valence-electron chi connectivity index (χ4n) is 1.63. The summed E-state index contributed by atoms with van der Waals surface area (Å²) in [6, 6.07) is -0.165. The molecule has 4 nitrogen and oxygen atoms in total. The molecule has 0 aliphatic rings. The lowest BCUT2D eigenvalue weighted by atomic mass is 9.97. The Kier molecular flexibility index (Phi) is 4.73. The second-order valence-electron chi connectivity index (χ2n) is 3.92. The van der Waals surface area contributed by atoms with Crippen molar-refractivity contribution in [3.05, 3.63) is 34.4 Å². The smallest absolute Gasteiger partial charge is 0.417 e.